The lowest BCUT2D eigenvalue weighted by molar-refractivity contribution is -0.130. The van der Waals surface area contributed by atoms with Crippen molar-refractivity contribution in [2.24, 2.45) is 0 Å². The van der Waals surface area contributed by atoms with Gasteiger partial charge in [0.1, 0.15) is 0 Å². The van der Waals surface area contributed by atoms with E-state index in [4.69, 9.17) is 14.0 Å². The first-order valence-corrected chi connectivity index (χ1v) is 10.5. The minimum atomic E-state index is 0.00199. The van der Waals surface area contributed by atoms with Crippen molar-refractivity contribution in [2.45, 2.75) is 40.2 Å². The van der Waals surface area contributed by atoms with Crippen LogP contribution in [0.2, 0.25) is 0 Å². The summed E-state index contributed by atoms with van der Waals surface area (Å²) in [4.78, 5) is 18.6. The number of rotatable bonds is 10. The molecule has 164 valence electrons. The molecule has 0 radical (unpaired) electrons. The van der Waals surface area contributed by atoms with Crippen LogP contribution in [0.25, 0.3) is 11.4 Å². The van der Waals surface area contributed by atoms with Crippen LogP contribution >= 0.6 is 0 Å². The minimum Gasteiger partial charge on any atom is -0.490 e. The second-order valence-corrected chi connectivity index (χ2v) is 7.28. The van der Waals surface area contributed by atoms with Gasteiger partial charge in [0.05, 0.1) is 19.8 Å². The number of ether oxygens (including phenoxy) is 2. The van der Waals surface area contributed by atoms with Gasteiger partial charge in [-0.25, -0.2) is 0 Å². The number of nitrogens with zero attached hydrogens (tertiary/aromatic N) is 3. The van der Waals surface area contributed by atoms with Crippen molar-refractivity contribution in [3.05, 3.63) is 59.5 Å². The predicted molar refractivity (Wildman–Crippen MR) is 118 cm³/mol. The number of aryl methyl sites for hydroxylation is 2. The van der Waals surface area contributed by atoms with Crippen LogP contribution in [0, 0.1) is 6.92 Å². The molecule has 0 N–H and O–H groups in total. The number of benzene rings is 2. The van der Waals surface area contributed by atoms with Gasteiger partial charge in [-0.15, -0.1) is 0 Å². The number of hydrogen-bond donors (Lipinski definition) is 0. The first kappa shape index (κ1) is 22.3. The van der Waals surface area contributed by atoms with Crippen LogP contribution in [-0.4, -0.2) is 41.2 Å². The third kappa shape index (κ3) is 6.07. The van der Waals surface area contributed by atoms with Gasteiger partial charge in [-0.3, -0.25) is 4.79 Å². The largest absolute Gasteiger partial charge is 0.490 e. The van der Waals surface area contributed by atoms with Crippen molar-refractivity contribution < 1.29 is 18.8 Å². The van der Waals surface area contributed by atoms with Crippen LogP contribution in [-0.2, 0) is 17.8 Å². The molecule has 0 bridgehead atoms. The maximum atomic E-state index is 12.6. The van der Waals surface area contributed by atoms with E-state index in [1.54, 1.807) is 11.9 Å². The van der Waals surface area contributed by atoms with E-state index >= 15 is 0 Å². The molecule has 0 fully saturated rings. The smallest absolute Gasteiger partial charge is 0.246 e. The molecule has 0 aliphatic heterocycles. The molecule has 0 saturated carbocycles. The molecule has 0 aliphatic carbocycles. The lowest BCUT2D eigenvalue weighted by atomic mass is 10.1. The second kappa shape index (κ2) is 10.6. The van der Waals surface area contributed by atoms with Crippen LogP contribution in [0.1, 0.15) is 37.3 Å². The molecule has 3 aromatic rings. The lowest BCUT2D eigenvalue weighted by Crippen LogP contribution is -2.26. The van der Waals surface area contributed by atoms with Crippen LogP contribution in [0.3, 0.4) is 0 Å². The highest BCUT2D eigenvalue weighted by Crippen LogP contribution is 2.29. The van der Waals surface area contributed by atoms with E-state index in [0.29, 0.717) is 43.5 Å². The molecule has 0 aliphatic rings. The molecule has 0 saturated heterocycles. The Morgan fingerprint density at radius 3 is 2.58 bits per heavy atom. The molecule has 0 spiro atoms. The SMILES string of the molecule is CCOc1ccc(CCC(=O)N(C)Cc2nc(-c3cccc(C)c3)no2)cc1OCC. The van der Waals surface area contributed by atoms with E-state index in [1.807, 2.05) is 63.2 Å². The summed E-state index contributed by atoms with van der Waals surface area (Å²) in [7, 11) is 1.74. The van der Waals surface area contributed by atoms with Crippen LogP contribution in [0.4, 0.5) is 0 Å². The first-order valence-electron chi connectivity index (χ1n) is 10.5. The lowest BCUT2D eigenvalue weighted by Gasteiger charge is -2.15. The summed E-state index contributed by atoms with van der Waals surface area (Å²) in [6.07, 6.45) is 0.975. The second-order valence-electron chi connectivity index (χ2n) is 7.28. The van der Waals surface area contributed by atoms with Crippen LogP contribution in [0.5, 0.6) is 11.5 Å². The Bertz CT molecular complexity index is 1020. The van der Waals surface area contributed by atoms with E-state index in [0.717, 1.165) is 22.4 Å². The molecular formula is C24H29N3O4. The van der Waals surface area contributed by atoms with Gasteiger partial charge in [0.15, 0.2) is 11.5 Å². The highest BCUT2D eigenvalue weighted by Gasteiger charge is 2.15. The van der Waals surface area contributed by atoms with Gasteiger partial charge in [0.2, 0.25) is 17.6 Å². The molecule has 1 aromatic heterocycles. The number of carbonyl (C=O) groups is 1. The van der Waals surface area contributed by atoms with Gasteiger partial charge in [-0.2, -0.15) is 4.98 Å². The van der Waals surface area contributed by atoms with Gasteiger partial charge in [0, 0.05) is 19.0 Å². The molecule has 0 unspecified atom stereocenters. The molecule has 3 rings (SSSR count). The molecular weight excluding hydrogens is 394 g/mol. The Hall–Kier alpha value is -3.35. The van der Waals surface area contributed by atoms with Crippen molar-refractivity contribution in [3.8, 4) is 22.9 Å². The van der Waals surface area contributed by atoms with Gasteiger partial charge in [-0.05, 0) is 51.0 Å². The fourth-order valence-corrected chi connectivity index (χ4v) is 3.20. The zero-order valence-corrected chi connectivity index (χ0v) is 18.6. The van der Waals surface area contributed by atoms with Gasteiger partial charge < -0.3 is 18.9 Å². The highest BCUT2D eigenvalue weighted by molar-refractivity contribution is 5.76. The molecule has 0 atom stereocenters. The monoisotopic (exact) mass is 423 g/mol. The third-order valence-electron chi connectivity index (χ3n) is 4.78. The fourth-order valence-electron chi connectivity index (χ4n) is 3.20. The molecule has 7 heteroatoms. The average molecular weight is 424 g/mol. The summed E-state index contributed by atoms with van der Waals surface area (Å²) >= 11 is 0. The van der Waals surface area contributed by atoms with Crippen LogP contribution < -0.4 is 9.47 Å². The molecule has 31 heavy (non-hydrogen) atoms. The Balaban J connectivity index is 1.57. The summed E-state index contributed by atoms with van der Waals surface area (Å²) in [5.41, 5.74) is 3.04. The van der Waals surface area contributed by atoms with Gasteiger partial charge >= 0.3 is 0 Å². The maximum Gasteiger partial charge on any atom is 0.246 e. The van der Waals surface area contributed by atoms with Crippen molar-refractivity contribution >= 4 is 5.91 Å². The number of carbonyl (C=O) groups excluding carboxylic acids is 1. The van der Waals surface area contributed by atoms with Crippen molar-refractivity contribution in [1.82, 2.24) is 15.0 Å². The van der Waals surface area contributed by atoms with Crippen molar-refractivity contribution in [3.63, 3.8) is 0 Å². The standard InChI is InChI=1S/C24H29N3O4/c1-5-29-20-12-10-18(15-21(20)30-6-2)11-13-23(28)27(4)16-22-25-24(26-31-22)19-9-7-8-17(3)14-19/h7-10,12,14-15H,5-6,11,13,16H2,1-4H3. The van der Waals surface area contributed by atoms with Gasteiger partial charge in [-0.1, -0.05) is 35.0 Å². The average Bonchev–Trinajstić information content (AvgIpc) is 3.22. The number of hydrogen-bond acceptors (Lipinski definition) is 6. The number of aromatic nitrogens is 2. The summed E-state index contributed by atoms with van der Waals surface area (Å²) < 4.78 is 16.6. The topological polar surface area (TPSA) is 77.7 Å². The summed E-state index contributed by atoms with van der Waals surface area (Å²) in [5.74, 6) is 2.36. The summed E-state index contributed by atoms with van der Waals surface area (Å²) in [5, 5.41) is 4.03. The molecule has 1 amide bonds. The normalized spacial score (nSPS) is 10.7. The van der Waals surface area contributed by atoms with E-state index in [-0.39, 0.29) is 12.5 Å². The van der Waals surface area contributed by atoms with E-state index in [1.165, 1.54) is 0 Å². The van der Waals surface area contributed by atoms with E-state index in [9.17, 15) is 4.79 Å². The minimum absolute atomic E-state index is 0.00199. The molecule has 7 nitrogen and oxygen atoms in total. The summed E-state index contributed by atoms with van der Waals surface area (Å²) in [6.45, 7) is 7.28. The zero-order chi connectivity index (χ0) is 22.2. The highest BCUT2D eigenvalue weighted by atomic mass is 16.5. The summed E-state index contributed by atoms with van der Waals surface area (Å²) in [6, 6.07) is 13.7. The van der Waals surface area contributed by atoms with E-state index < -0.39 is 0 Å². The Morgan fingerprint density at radius 2 is 1.84 bits per heavy atom. The van der Waals surface area contributed by atoms with Crippen molar-refractivity contribution in [1.29, 1.82) is 0 Å². The molecule has 1 heterocycles. The fraction of sp³-hybridized carbons (Fsp3) is 0.375. The molecule has 2 aromatic carbocycles. The predicted octanol–water partition coefficient (Wildman–Crippen LogP) is 4.43. The Kier molecular flexibility index (Phi) is 7.65. The zero-order valence-electron chi connectivity index (χ0n) is 18.6. The number of amides is 1. The van der Waals surface area contributed by atoms with E-state index in [2.05, 4.69) is 10.1 Å². The first-order chi connectivity index (χ1) is 15.0. The van der Waals surface area contributed by atoms with Gasteiger partial charge in [0.25, 0.3) is 0 Å². The van der Waals surface area contributed by atoms with Crippen LogP contribution in [0.15, 0.2) is 47.0 Å². The maximum absolute atomic E-state index is 12.6. The Morgan fingerprint density at radius 1 is 1.06 bits per heavy atom. The Labute approximate surface area is 183 Å². The van der Waals surface area contributed by atoms with Crippen molar-refractivity contribution in [2.75, 3.05) is 20.3 Å². The quantitative estimate of drug-likeness (QED) is 0.480. The third-order valence-corrected chi connectivity index (χ3v) is 4.78.